The van der Waals surface area contributed by atoms with Gasteiger partial charge in [-0.25, -0.2) is 0 Å². The monoisotopic (exact) mass is 282 g/mol. The van der Waals surface area contributed by atoms with Crippen LogP contribution >= 0.6 is 0 Å². The number of hydrogen-bond donors (Lipinski definition) is 0. The molecule has 1 aromatic heterocycles. The lowest BCUT2D eigenvalue weighted by molar-refractivity contribution is 0.0792. The third kappa shape index (κ3) is 2.73. The molecule has 0 saturated carbocycles. The maximum atomic E-state index is 12.6. The molecule has 1 amide bonds. The third-order valence-electron chi connectivity index (χ3n) is 4.38. The molecule has 0 unspecified atom stereocenters. The second-order valence-corrected chi connectivity index (χ2v) is 5.86. The minimum atomic E-state index is 0.194. The minimum absolute atomic E-state index is 0.194. The van der Waals surface area contributed by atoms with E-state index in [1.165, 1.54) is 5.56 Å². The van der Waals surface area contributed by atoms with Gasteiger partial charge < -0.3 is 9.47 Å². The third-order valence-corrected chi connectivity index (χ3v) is 4.38. The number of nitrogens with zero attached hydrogens (tertiary/aromatic N) is 2. The number of aromatic nitrogens is 1. The lowest BCUT2D eigenvalue weighted by atomic mass is 10.2. The second-order valence-electron chi connectivity index (χ2n) is 5.86. The Morgan fingerprint density at radius 1 is 1.10 bits per heavy atom. The molecule has 1 aliphatic heterocycles. The predicted octanol–water partition coefficient (Wildman–Crippen LogP) is 3.39. The quantitative estimate of drug-likeness (QED) is 0.847. The van der Waals surface area contributed by atoms with Gasteiger partial charge in [-0.15, -0.1) is 0 Å². The van der Waals surface area contributed by atoms with Crippen molar-refractivity contribution in [1.82, 2.24) is 9.47 Å². The summed E-state index contributed by atoms with van der Waals surface area (Å²) in [5.41, 5.74) is 4.36. The fraction of sp³-hybridized carbons (Fsp3) is 0.389. The summed E-state index contributed by atoms with van der Waals surface area (Å²) in [4.78, 5) is 14.6. The molecule has 3 nitrogen and oxygen atoms in total. The van der Waals surface area contributed by atoms with E-state index in [9.17, 15) is 4.79 Å². The SMILES string of the molecule is Cc1cc(C(=O)N2CCCC2)c(C)n1Cc1ccccc1. The average Bonchev–Trinajstić information content (AvgIpc) is 3.12. The van der Waals surface area contributed by atoms with Crippen LogP contribution < -0.4 is 0 Å². The Kier molecular flexibility index (Phi) is 3.82. The van der Waals surface area contributed by atoms with E-state index in [0.717, 1.165) is 49.4 Å². The summed E-state index contributed by atoms with van der Waals surface area (Å²) < 4.78 is 2.23. The number of amides is 1. The molecule has 2 aromatic rings. The van der Waals surface area contributed by atoms with E-state index in [0.29, 0.717) is 0 Å². The van der Waals surface area contributed by atoms with E-state index in [1.807, 2.05) is 17.0 Å². The van der Waals surface area contributed by atoms with Gasteiger partial charge >= 0.3 is 0 Å². The zero-order valence-electron chi connectivity index (χ0n) is 12.8. The van der Waals surface area contributed by atoms with Gasteiger partial charge in [-0.05, 0) is 38.3 Å². The van der Waals surface area contributed by atoms with E-state index < -0.39 is 0 Å². The fourth-order valence-electron chi connectivity index (χ4n) is 3.12. The molecule has 0 atom stereocenters. The van der Waals surface area contributed by atoms with E-state index in [2.05, 4.69) is 42.7 Å². The van der Waals surface area contributed by atoms with Gasteiger partial charge in [0.15, 0.2) is 0 Å². The second kappa shape index (κ2) is 5.76. The van der Waals surface area contributed by atoms with Gasteiger partial charge in [0.1, 0.15) is 0 Å². The van der Waals surface area contributed by atoms with Crippen molar-refractivity contribution in [3.8, 4) is 0 Å². The Bertz CT molecular complexity index is 637. The van der Waals surface area contributed by atoms with Crippen molar-refractivity contribution in [2.24, 2.45) is 0 Å². The molecule has 0 N–H and O–H groups in total. The standard InChI is InChI=1S/C18H22N2O/c1-14-12-17(18(21)19-10-6-7-11-19)15(2)20(14)13-16-8-4-3-5-9-16/h3-5,8-9,12H,6-7,10-11,13H2,1-2H3. The van der Waals surface area contributed by atoms with Crippen molar-refractivity contribution in [3.05, 3.63) is 58.9 Å². The maximum Gasteiger partial charge on any atom is 0.255 e. The first-order chi connectivity index (χ1) is 10.2. The van der Waals surface area contributed by atoms with E-state index in [4.69, 9.17) is 0 Å². The molecule has 0 radical (unpaired) electrons. The highest BCUT2D eigenvalue weighted by molar-refractivity contribution is 5.95. The summed E-state index contributed by atoms with van der Waals surface area (Å²) in [7, 11) is 0. The Hall–Kier alpha value is -2.03. The molecule has 1 aromatic carbocycles. The lowest BCUT2D eigenvalue weighted by Gasteiger charge is -2.15. The number of carbonyl (C=O) groups is 1. The van der Waals surface area contributed by atoms with Crippen LogP contribution in [0.25, 0.3) is 0 Å². The van der Waals surface area contributed by atoms with Gasteiger partial charge in [-0.2, -0.15) is 0 Å². The number of hydrogen-bond acceptors (Lipinski definition) is 1. The highest BCUT2D eigenvalue weighted by atomic mass is 16.2. The van der Waals surface area contributed by atoms with Crippen LogP contribution in [-0.4, -0.2) is 28.5 Å². The molecule has 1 fully saturated rings. The zero-order chi connectivity index (χ0) is 14.8. The van der Waals surface area contributed by atoms with E-state index >= 15 is 0 Å². The van der Waals surface area contributed by atoms with Crippen molar-refractivity contribution in [2.75, 3.05) is 13.1 Å². The molecule has 3 rings (SSSR count). The molecule has 0 spiro atoms. The highest BCUT2D eigenvalue weighted by Crippen LogP contribution is 2.21. The predicted molar refractivity (Wildman–Crippen MR) is 84.6 cm³/mol. The molecular weight excluding hydrogens is 260 g/mol. The van der Waals surface area contributed by atoms with Crippen LogP contribution in [0.5, 0.6) is 0 Å². The van der Waals surface area contributed by atoms with E-state index in [-0.39, 0.29) is 5.91 Å². The first-order valence-electron chi connectivity index (χ1n) is 7.67. The normalized spacial score (nSPS) is 14.7. The van der Waals surface area contributed by atoms with Crippen molar-refractivity contribution < 1.29 is 4.79 Å². The Labute approximate surface area is 126 Å². The molecule has 1 saturated heterocycles. The smallest absolute Gasteiger partial charge is 0.255 e. The van der Waals surface area contributed by atoms with Crippen LogP contribution in [0.2, 0.25) is 0 Å². The van der Waals surface area contributed by atoms with Crippen LogP contribution in [0.1, 0.15) is 40.2 Å². The first kappa shape index (κ1) is 13.9. The Morgan fingerprint density at radius 3 is 2.43 bits per heavy atom. The van der Waals surface area contributed by atoms with Crippen molar-refractivity contribution in [1.29, 1.82) is 0 Å². The molecule has 2 heterocycles. The van der Waals surface area contributed by atoms with Gasteiger partial charge in [-0.3, -0.25) is 4.79 Å². The maximum absolute atomic E-state index is 12.6. The van der Waals surface area contributed by atoms with Crippen LogP contribution in [0.4, 0.5) is 0 Å². The van der Waals surface area contributed by atoms with Gasteiger partial charge in [0.05, 0.1) is 5.56 Å². The minimum Gasteiger partial charge on any atom is -0.344 e. The fourth-order valence-corrected chi connectivity index (χ4v) is 3.12. The number of rotatable bonds is 3. The number of aryl methyl sites for hydroxylation is 1. The molecule has 110 valence electrons. The largest absolute Gasteiger partial charge is 0.344 e. The molecule has 1 aliphatic rings. The van der Waals surface area contributed by atoms with Gasteiger partial charge in [0.2, 0.25) is 0 Å². The molecule has 0 aliphatic carbocycles. The van der Waals surface area contributed by atoms with Crippen LogP contribution in [0.3, 0.4) is 0 Å². The summed E-state index contributed by atoms with van der Waals surface area (Å²) in [5, 5.41) is 0. The van der Waals surface area contributed by atoms with Crippen molar-refractivity contribution in [3.63, 3.8) is 0 Å². The molecular formula is C18H22N2O. The number of likely N-dealkylation sites (tertiary alicyclic amines) is 1. The summed E-state index contributed by atoms with van der Waals surface area (Å²) in [6, 6.07) is 12.4. The summed E-state index contributed by atoms with van der Waals surface area (Å²) in [6.45, 7) is 6.77. The van der Waals surface area contributed by atoms with Crippen LogP contribution in [0, 0.1) is 13.8 Å². The lowest BCUT2D eigenvalue weighted by Crippen LogP contribution is -2.28. The van der Waals surface area contributed by atoms with Crippen molar-refractivity contribution in [2.45, 2.75) is 33.2 Å². The summed E-state index contributed by atoms with van der Waals surface area (Å²) in [5.74, 6) is 0.194. The Morgan fingerprint density at radius 2 is 1.76 bits per heavy atom. The van der Waals surface area contributed by atoms with Crippen LogP contribution in [-0.2, 0) is 6.54 Å². The van der Waals surface area contributed by atoms with E-state index in [1.54, 1.807) is 0 Å². The van der Waals surface area contributed by atoms with Gasteiger partial charge in [0, 0.05) is 31.0 Å². The summed E-state index contributed by atoms with van der Waals surface area (Å²) >= 11 is 0. The van der Waals surface area contributed by atoms with Gasteiger partial charge in [0.25, 0.3) is 5.91 Å². The summed E-state index contributed by atoms with van der Waals surface area (Å²) in [6.07, 6.45) is 2.27. The first-order valence-corrected chi connectivity index (χ1v) is 7.67. The molecule has 0 bridgehead atoms. The molecule has 3 heteroatoms. The topological polar surface area (TPSA) is 25.2 Å². The number of benzene rings is 1. The van der Waals surface area contributed by atoms with Crippen LogP contribution in [0.15, 0.2) is 36.4 Å². The average molecular weight is 282 g/mol. The van der Waals surface area contributed by atoms with Crippen molar-refractivity contribution >= 4 is 5.91 Å². The highest BCUT2D eigenvalue weighted by Gasteiger charge is 2.23. The molecule has 21 heavy (non-hydrogen) atoms. The van der Waals surface area contributed by atoms with Gasteiger partial charge in [-0.1, -0.05) is 30.3 Å². The number of carbonyl (C=O) groups excluding carboxylic acids is 1. The zero-order valence-corrected chi connectivity index (χ0v) is 12.8. The Balaban J connectivity index is 1.87.